The smallest absolute Gasteiger partial charge is 0.305 e. The lowest BCUT2D eigenvalue weighted by Gasteiger charge is -2.25. The number of esters is 2. The van der Waals surface area contributed by atoms with Crippen molar-refractivity contribution in [3.63, 3.8) is 0 Å². The predicted octanol–water partition coefficient (Wildman–Crippen LogP) is 4.87. The molecule has 0 amide bonds. The van der Waals surface area contributed by atoms with Crippen LogP contribution >= 0.6 is 0 Å². The van der Waals surface area contributed by atoms with E-state index >= 15 is 4.39 Å². The van der Waals surface area contributed by atoms with E-state index < -0.39 is 35.2 Å². The highest BCUT2D eigenvalue weighted by molar-refractivity contribution is 5.99. The first-order chi connectivity index (χ1) is 17.6. The van der Waals surface area contributed by atoms with Crippen LogP contribution in [-0.2, 0) is 30.3 Å². The number of halogens is 1. The summed E-state index contributed by atoms with van der Waals surface area (Å²) >= 11 is 0. The number of hydrogen-bond acceptors (Lipinski definition) is 7. The fourth-order valence-electron chi connectivity index (χ4n) is 5.15. The molecule has 7 nitrogen and oxygen atoms in total. The first-order valence-corrected chi connectivity index (χ1v) is 12.3. The zero-order valence-corrected chi connectivity index (χ0v) is 21.4. The number of hydrogen-bond donors (Lipinski definition) is 0. The van der Waals surface area contributed by atoms with Crippen LogP contribution in [0.3, 0.4) is 0 Å². The Hall–Kier alpha value is -3.68. The first kappa shape index (κ1) is 26.4. The fourth-order valence-corrected chi connectivity index (χ4v) is 5.15. The van der Waals surface area contributed by atoms with E-state index in [1.165, 1.54) is 34.0 Å². The number of ether oxygens (including phenoxy) is 4. The summed E-state index contributed by atoms with van der Waals surface area (Å²) in [6.45, 7) is 4.32. The van der Waals surface area contributed by atoms with Gasteiger partial charge in [-0.3, -0.25) is 14.4 Å². The number of rotatable bonds is 9. The molecule has 2 aromatic carbocycles. The van der Waals surface area contributed by atoms with E-state index in [2.05, 4.69) is 0 Å². The van der Waals surface area contributed by atoms with Gasteiger partial charge in [0.15, 0.2) is 11.4 Å². The second kappa shape index (κ2) is 10.7. The van der Waals surface area contributed by atoms with Crippen molar-refractivity contribution < 1.29 is 37.7 Å². The molecule has 8 heteroatoms. The average molecular weight is 511 g/mol. The lowest BCUT2D eigenvalue weighted by Crippen LogP contribution is -2.39. The van der Waals surface area contributed by atoms with Crippen molar-refractivity contribution in [2.45, 2.75) is 63.8 Å². The number of para-hydroxylation sites is 2. The molecule has 1 aliphatic carbocycles. The van der Waals surface area contributed by atoms with Gasteiger partial charge < -0.3 is 18.9 Å². The largest absolute Gasteiger partial charge is 0.489 e. The summed E-state index contributed by atoms with van der Waals surface area (Å²) in [6.07, 6.45) is 1.21. The van der Waals surface area contributed by atoms with E-state index in [0.29, 0.717) is 24.3 Å². The van der Waals surface area contributed by atoms with E-state index in [4.69, 9.17) is 18.9 Å². The Balaban J connectivity index is 1.62. The molecule has 1 saturated carbocycles. The Labute approximate surface area is 215 Å². The van der Waals surface area contributed by atoms with E-state index in [1.54, 1.807) is 24.3 Å². The van der Waals surface area contributed by atoms with Gasteiger partial charge in [-0.1, -0.05) is 36.4 Å². The highest BCUT2D eigenvalue weighted by Crippen LogP contribution is 2.53. The second-order valence-corrected chi connectivity index (χ2v) is 9.82. The summed E-state index contributed by atoms with van der Waals surface area (Å²) in [5.74, 6) is -2.43. The van der Waals surface area contributed by atoms with E-state index in [9.17, 15) is 14.4 Å². The molecule has 0 N–H and O–H groups in total. The van der Waals surface area contributed by atoms with Gasteiger partial charge in [0.05, 0.1) is 7.11 Å². The van der Waals surface area contributed by atoms with Gasteiger partial charge in [-0.2, -0.15) is 0 Å². The normalized spacial score (nSPS) is 22.5. The summed E-state index contributed by atoms with van der Waals surface area (Å²) in [4.78, 5) is 36.6. The lowest BCUT2D eigenvalue weighted by atomic mass is 9.85. The Bertz CT molecular complexity index is 1200. The van der Waals surface area contributed by atoms with Crippen molar-refractivity contribution in [3.8, 4) is 11.5 Å². The minimum Gasteiger partial charge on any atom is -0.489 e. The van der Waals surface area contributed by atoms with Crippen LogP contribution in [-0.4, -0.2) is 42.6 Å². The maximum atomic E-state index is 15.5. The molecule has 0 unspecified atom stereocenters. The number of ketones is 1. The quantitative estimate of drug-likeness (QED) is 0.351. The van der Waals surface area contributed by atoms with Crippen LogP contribution in [0.4, 0.5) is 4.39 Å². The Morgan fingerprint density at radius 2 is 1.84 bits per heavy atom. The molecule has 1 fully saturated rings. The molecule has 37 heavy (non-hydrogen) atoms. The molecular weight excluding hydrogens is 479 g/mol. The van der Waals surface area contributed by atoms with E-state index in [0.717, 1.165) is 11.1 Å². The van der Waals surface area contributed by atoms with Crippen molar-refractivity contribution >= 4 is 17.7 Å². The molecule has 4 rings (SSSR count). The van der Waals surface area contributed by atoms with Crippen LogP contribution in [0.25, 0.3) is 0 Å². The van der Waals surface area contributed by atoms with Gasteiger partial charge in [0.25, 0.3) is 0 Å². The van der Waals surface area contributed by atoms with Gasteiger partial charge in [0.2, 0.25) is 5.78 Å². The molecule has 1 aliphatic heterocycles. The second-order valence-electron chi connectivity index (χ2n) is 9.82. The van der Waals surface area contributed by atoms with Gasteiger partial charge in [0, 0.05) is 37.2 Å². The number of carbonyl (C=O) groups excluding carboxylic acids is 3. The summed E-state index contributed by atoms with van der Waals surface area (Å²) in [7, 11) is 1.34. The summed E-state index contributed by atoms with van der Waals surface area (Å²) in [5.41, 5.74) is 0.225. The Kier molecular flexibility index (Phi) is 7.66. The average Bonchev–Trinajstić information content (AvgIpc) is 3.38. The fraction of sp³-hybridized carbons (Fsp3) is 0.414. The molecule has 0 radical (unpaired) electrons. The van der Waals surface area contributed by atoms with Crippen molar-refractivity contribution in [1.82, 2.24) is 0 Å². The molecular formula is C29H31FO7. The lowest BCUT2D eigenvalue weighted by molar-refractivity contribution is -0.147. The van der Waals surface area contributed by atoms with Crippen molar-refractivity contribution in [2.75, 3.05) is 7.11 Å². The molecule has 2 aliphatic rings. The highest BCUT2D eigenvalue weighted by Gasteiger charge is 2.51. The minimum atomic E-state index is -1.46. The molecule has 0 saturated heterocycles. The third-order valence-electron chi connectivity index (χ3n) is 6.83. The minimum absolute atomic E-state index is 0.199. The third kappa shape index (κ3) is 5.68. The zero-order valence-electron chi connectivity index (χ0n) is 21.4. The topological polar surface area (TPSA) is 88.1 Å². The van der Waals surface area contributed by atoms with Crippen LogP contribution in [0.1, 0.15) is 50.7 Å². The monoisotopic (exact) mass is 510 g/mol. The van der Waals surface area contributed by atoms with E-state index in [-0.39, 0.29) is 24.4 Å². The molecule has 0 spiro atoms. The van der Waals surface area contributed by atoms with Crippen molar-refractivity contribution in [2.24, 2.45) is 5.92 Å². The third-order valence-corrected chi connectivity index (χ3v) is 6.83. The summed E-state index contributed by atoms with van der Waals surface area (Å²) in [6, 6.07) is 14.4. The van der Waals surface area contributed by atoms with Crippen molar-refractivity contribution in [3.05, 3.63) is 71.6 Å². The predicted molar refractivity (Wildman–Crippen MR) is 133 cm³/mol. The highest BCUT2D eigenvalue weighted by atomic mass is 19.1. The maximum Gasteiger partial charge on any atom is 0.305 e. The molecule has 0 bridgehead atoms. The van der Waals surface area contributed by atoms with Gasteiger partial charge in [-0.15, -0.1) is 0 Å². The van der Waals surface area contributed by atoms with Crippen LogP contribution in [0.15, 0.2) is 60.4 Å². The number of Topliss-reactive ketones (excluding diaryl/α,β-unsaturated/α-hetero) is 1. The number of carbonyl (C=O) groups is 3. The van der Waals surface area contributed by atoms with Crippen LogP contribution in [0.5, 0.6) is 11.5 Å². The van der Waals surface area contributed by atoms with Gasteiger partial charge >= 0.3 is 11.9 Å². The molecule has 0 aromatic heterocycles. The van der Waals surface area contributed by atoms with Gasteiger partial charge in [-0.25, -0.2) is 4.39 Å². The first-order valence-electron chi connectivity index (χ1n) is 12.3. The van der Waals surface area contributed by atoms with Crippen LogP contribution in [0, 0.1) is 5.92 Å². The number of methoxy groups -OCH3 is 1. The Morgan fingerprint density at radius 1 is 1.11 bits per heavy atom. The van der Waals surface area contributed by atoms with E-state index in [1.807, 2.05) is 24.3 Å². The van der Waals surface area contributed by atoms with Gasteiger partial charge in [-0.05, 0) is 44.0 Å². The number of benzene rings is 2. The molecule has 1 heterocycles. The SMILES string of the molecule is COC(=O)CCc1cccc2c1O[C@H]1C[C@@H](OC(C)=O)[C@H](/C=C(\F)C(=O)C(C)(C)Oc3ccccc3)[C@@H]21. The van der Waals surface area contributed by atoms with Crippen LogP contribution in [0.2, 0.25) is 0 Å². The summed E-state index contributed by atoms with van der Waals surface area (Å²) < 4.78 is 37.8. The number of fused-ring (bicyclic) bond motifs is 3. The molecule has 4 atom stereocenters. The summed E-state index contributed by atoms with van der Waals surface area (Å²) in [5, 5.41) is 0. The Morgan fingerprint density at radius 3 is 2.51 bits per heavy atom. The molecule has 196 valence electrons. The van der Waals surface area contributed by atoms with Gasteiger partial charge in [0.1, 0.15) is 23.7 Å². The van der Waals surface area contributed by atoms with Crippen molar-refractivity contribution in [1.29, 1.82) is 0 Å². The standard InChI is InChI=1S/C29H31FO7/c1-17(31)35-23-16-24-26(20-12-8-9-18(27(20)36-24)13-14-25(32)34-4)21(23)15-22(30)28(33)29(2,3)37-19-10-6-5-7-11-19/h5-12,15,21,23-24,26H,13-14,16H2,1-4H3/b22-15-/t21-,23+,24-,26+/m0/s1. The maximum absolute atomic E-state index is 15.5. The molecule has 2 aromatic rings. The zero-order chi connectivity index (χ0) is 26.7. The van der Waals surface area contributed by atoms with Crippen LogP contribution < -0.4 is 9.47 Å². The number of aryl methyl sites for hydroxylation is 1.